The molecule has 82 valence electrons. The van der Waals surface area contributed by atoms with Gasteiger partial charge in [-0.05, 0) is 25.8 Å². The minimum Gasteiger partial charge on any atom is -0.469 e. The zero-order valence-corrected chi connectivity index (χ0v) is 9.45. The Labute approximate surface area is 86.4 Å². The minimum atomic E-state index is -0.0910. The molecule has 1 fully saturated rings. The van der Waals surface area contributed by atoms with Crippen molar-refractivity contribution in [1.82, 2.24) is 4.90 Å². The molecule has 1 rings (SSSR count). The van der Waals surface area contributed by atoms with Gasteiger partial charge in [0.15, 0.2) is 0 Å². The Kier molecular flexibility index (Phi) is 4.39. The summed E-state index contributed by atoms with van der Waals surface area (Å²) in [4.78, 5) is 13.7. The van der Waals surface area contributed by atoms with Crippen molar-refractivity contribution in [2.24, 2.45) is 5.92 Å². The molecule has 0 saturated heterocycles. The van der Waals surface area contributed by atoms with E-state index >= 15 is 0 Å². The predicted octanol–water partition coefficient (Wildman–Crippen LogP) is 1.67. The summed E-state index contributed by atoms with van der Waals surface area (Å²) in [5.41, 5.74) is 0. The average molecular weight is 199 g/mol. The molecule has 1 aliphatic rings. The minimum absolute atomic E-state index is 0.00662. The average Bonchev–Trinajstić information content (AvgIpc) is 2.99. The topological polar surface area (TPSA) is 29.5 Å². The molecule has 0 radical (unpaired) electrons. The molecule has 1 unspecified atom stereocenters. The molecule has 0 bridgehead atoms. The first kappa shape index (κ1) is 11.5. The highest BCUT2D eigenvalue weighted by molar-refractivity contribution is 5.72. The monoisotopic (exact) mass is 199 g/mol. The molecule has 0 aliphatic heterocycles. The fourth-order valence-electron chi connectivity index (χ4n) is 1.78. The number of rotatable bonds is 6. The highest BCUT2D eigenvalue weighted by Gasteiger charge is 2.30. The Hall–Kier alpha value is -0.570. The fraction of sp³-hybridized carbons (Fsp3) is 0.909. The van der Waals surface area contributed by atoms with Crippen LogP contribution in [-0.4, -0.2) is 37.1 Å². The summed E-state index contributed by atoms with van der Waals surface area (Å²) in [7, 11) is 1.46. The molecule has 0 spiro atoms. The van der Waals surface area contributed by atoms with Gasteiger partial charge in [-0.3, -0.25) is 9.69 Å². The van der Waals surface area contributed by atoms with Gasteiger partial charge >= 0.3 is 5.97 Å². The van der Waals surface area contributed by atoms with Crippen LogP contribution in [0, 0.1) is 5.92 Å². The van der Waals surface area contributed by atoms with Crippen LogP contribution in [0.4, 0.5) is 0 Å². The van der Waals surface area contributed by atoms with Gasteiger partial charge in [0, 0.05) is 12.6 Å². The molecule has 0 heterocycles. The highest BCUT2D eigenvalue weighted by atomic mass is 16.5. The van der Waals surface area contributed by atoms with E-state index in [-0.39, 0.29) is 11.9 Å². The standard InChI is InChI=1S/C11H21NO2/c1-4-7-12(10-5-6-10)8-9(2)11(13)14-3/h9-10H,4-8H2,1-3H3. The molecule has 0 N–H and O–H groups in total. The lowest BCUT2D eigenvalue weighted by molar-refractivity contribution is -0.145. The van der Waals surface area contributed by atoms with Gasteiger partial charge in [-0.1, -0.05) is 13.8 Å². The predicted molar refractivity (Wildman–Crippen MR) is 56.1 cm³/mol. The molecule has 1 saturated carbocycles. The largest absolute Gasteiger partial charge is 0.469 e. The van der Waals surface area contributed by atoms with Gasteiger partial charge in [0.2, 0.25) is 0 Å². The number of carbonyl (C=O) groups excluding carboxylic acids is 1. The van der Waals surface area contributed by atoms with Gasteiger partial charge in [0.05, 0.1) is 13.0 Å². The van der Waals surface area contributed by atoms with E-state index < -0.39 is 0 Å². The van der Waals surface area contributed by atoms with Crippen LogP contribution in [0.15, 0.2) is 0 Å². The number of methoxy groups -OCH3 is 1. The van der Waals surface area contributed by atoms with Crippen LogP contribution in [0.25, 0.3) is 0 Å². The molecule has 0 aromatic rings. The summed E-state index contributed by atoms with van der Waals surface area (Å²) in [5, 5.41) is 0. The number of carbonyl (C=O) groups is 1. The van der Waals surface area contributed by atoms with E-state index in [2.05, 4.69) is 11.8 Å². The molecule has 3 nitrogen and oxygen atoms in total. The van der Waals surface area contributed by atoms with E-state index in [0.29, 0.717) is 0 Å². The van der Waals surface area contributed by atoms with E-state index in [1.807, 2.05) is 6.92 Å². The number of ether oxygens (including phenoxy) is 1. The maximum Gasteiger partial charge on any atom is 0.309 e. The van der Waals surface area contributed by atoms with Gasteiger partial charge in [0.25, 0.3) is 0 Å². The summed E-state index contributed by atoms with van der Waals surface area (Å²) in [6, 6.07) is 0.738. The van der Waals surface area contributed by atoms with Crippen molar-refractivity contribution in [3.63, 3.8) is 0 Å². The van der Waals surface area contributed by atoms with Gasteiger partial charge < -0.3 is 4.74 Å². The van der Waals surface area contributed by atoms with E-state index in [9.17, 15) is 4.79 Å². The Morgan fingerprint density at radius 3 is 2.64 bits per heavy atom. The molecular weight excluding hydrogens is 178 g/mol. The van der Waals surface area contributed by atoms with Crippen molar-refractivity contribution in [1.29, 1.82) is 0 Å². The molecule has 1 aliphatic carbocycles. The molecule has 3 heteroatoms. The lowest BCUT2D eigenvalue weighted by Crippen LogP contribution is -2.34. The second kappa shape index (κ2) is 5.35. The molecule has 1 atom stereocenters. The second-order valence-electron chi connectivity index (χ2n) is 4.15. The van der Waals surface area contributed by atoms with Crippen LogP contribution in [0.2, 0.25) is 0 Å². The van der Waals surface area contributed by atoms with Crippen molar-refractivity contribution in [2.45, 2.75) is 39.2 Å². The number of esters is 1. The van der Waals surface area contributed by atoms with Crippen LogP contribution in [0.5, 0.6) is 0 Å². The first-order chi connectivity index (χ1) is 6.69. The van der Waals surface area contributed by atoms with Gasteiger partial charge in [0.1, 0.15) is 0 Å². The second-order valence-corrected chi connectivity index (χ2v) is 4.15. The third-order valence-corrected chi connectivity index (χ3v) is 2.69. The number of nitrogens with zero attached hydrogens (tertiary/aromatic N) is 1. The quantitative estimate of drug-likeness (QED) is 0.609. The molecule has 0 aromatic carbocycles. The summed E-state index contributed by atoms with van der Waals surface area (Å²) < 4.78 is 4.73. The van der Waals surface area contributed by atoms with Crippen molar-refractivity contribution >= 4 is 5.97 Å². The summed E-state index contributed by atoms with van der Waals surface area (Å²) in [6.45, 7) is 6.08. The van der Waals surface area contributed by atoms with Crippen molar-refractivity contribution in [2.75, 3.05) is 20.2 Å². The summed E-state index contributed by atoms with van der Waals surface area (Å²) >= 11 is 0. The maximum atomic E-state index is 11.2. The maximum absolute atomic E-state index is 11.2. The Morgan fingerprint density at radius 2 is 2.21 bits per heavy atom. The Balaban J connectivity index is 2.33. The lowest BCUT2D eigenvalue weighted by atomic mass is 10.1. The fourth-order valence-corrected chi connectivity index (χ4v) is 1.78. The van der Waals surface area contributed by atoms with E-state index in [1.165, 1.54) is 20.0 Å². The first-order valence-electron chi connectivity index (χ1n) is 5.51. The van der Waals surface area contributed by atoms with Crippen LogP contribution in [-0.2, 0) is 9.53 Å². The molecule has 0 amide bonds. The number of hydrogen-bond acceptors (Lipinski definition) is 3. The zero-order chi connectivity index (χ0) is 10.6. The first-order valence-corrected chi connectivity index (χ1v) is 5.51. The van der Waals surface area contributed by atoms with E-state index in [4.69, 9.17) is 4.74 Å². The summed E-state index contributed by atoms with van der Waals surface area (Å²) in [5.74, 6) is -0.0843. The van der Waals surface area contributed by atoms with E-state index in [0.717, 1.165) is 25.6 Å². The molecule has 14 heavy (non-hydrogen) atoms. The van der Waals surface area contributed by atoms with Gasteiger partial charge in [-0.25, -0.2) is 0 Å². The Bertz CT molecular complexity index is 190. The van der Waals surface area contributed by atoms with Crippen molar-refractivity contribution in [3.8, 4) is 0 Å². The third-order valence-electron chi connectivity index (χ3n) is 2.69. The molecule has 0 aromatic heterocycles. The Morgan fingerprint density at radius 1 is 1.57 bits per heavy atom. The number of hydrogen-bond donors (Lipinski definition) is 0. The van der Waals surface area contributed by atoms with Crippen LogP contribution < -0.4 is 0 Å². The summed E-state index contributed by atoms with van der Waals surface area (Å²) in [6.07, 6.45) is 3.76. The van der Waals surface area contributed by atoms with Crippen LogP contribution in [0.3, 0.4) is 0 Å². The van der Waals surface area contributed by atoms with E-state index in [1.54, 1.807) is 0 Å². The van der Waals surface area contributed by atoms with Crippen LogP contribution in [0.1, 0.15) is 33.1 Å². The third kappa shape index (κ3) is 3.29. The van der Waals surface area contributed by atoms with Crippen molar-refractivity contribution in [3.05, 3.63) is 0 Å². The highest BCUT2D eigenvalue weighted by Crippen LogP contribution is 2.27. The normalized spacial score (nSPS) is 18.3. The van der Waals surface area contributed by atoms with Crippen LogP contribution >= 0.6 is 0 Å². The smallest absolute Gasteiger partial charge is 0.309 e. The van der Waals surface area contributed by atoms with Gasteiger partial charge in [-0.15, -0.1) is 0 Å². The zero-order valence-electron chi connectivity index (χ0n) is 9.45. The van der Waals surface area contributed by atoms with Crippen molar-refractivity contribution < 1.29 is 9.53 Å². The molecular formula is C11H21NO2. The SMILES string of the molecule is CCCN(CC(C)C(=O)OC)C1CC1. The lowest BCUT2D eigenvalue weighted by Gasteiger charge is -2.23. The van der Waals surface area contributed by atoms with Gasteiger partial charge in [-0.2, -0.15) is 0 Å².